The number of alkyl carbamates (subject to hydrolysis) is 1. The number of carbonyl (C=O) groups is 3. The summed E-state index contributed by atoms with van der Waals surface area (Å²) in [6, 6.07) is 12.7. The van der Waals surface area contributed by atoms with Crippen LogP contribution in [-0.4, -0.2) is 47.1 Å². The van der Waals surface area contributed by atoms with Crippen LogP contribution in [0.4, 0.5) is 10.5 Å². The predicted octanol–water partition coefficient (Wildman–Crippen LogP) is 6.25. The molecule has 8 nitrogen and oxygen atoms in total. The summed E-state index contributed by atoms with van der Waals surface area (Å²) < 4.78 is 10.7. The molecule has 0 bridgehead atoms. The third-order valence-electron chi connectivity index (χ3n) is 6.62. The minimum atomic E-state index is -0.961. The molecule has 8 heteroatoms. The normalized spacial score (nSPS) is 13.3. The summed E-state index contributed by atoms with van der Waals surface area (Å²) in [4.78, 5) is 42.7. The second-order valence-electron chi connectivity index (χ2n) is 11.8. The third kappa shape index (κ3) is 8.73. The van der Waals surface area contributed by atoms with Gasteiger partial charge in [0.15, 0.2) is 0 Å². The van der Waals surface area contributed by atoms with Gasteiger partial charge in [-0.05, 0) is 83.7 Å². The molecule has 0 aromatic heterocycles. The van der Waals surface area contributed by atoms with Gasteiger partial charge in [0.2, 0.25) is 5.91 Å². The van der Waals surface area contributed by atoms with Gasteiger partial charge in [0.1, 0.15) is 23.4 Å². The Morgan fingerprint density at radius 1 is 0.923 bits per heavy atom. The maximum atomic E-state index is 14.4. The number of hydrogen-bond donors (Lipinski definition) is 2. The zero-order chi connectivity index (χ0) is 29.5. The first-order valence-electron chi connectivity index (χ1n) is 13.4. The van der Waals surface area contributed by atoms with Crippen LogP contribution in [0.15, 0.2) is 48.5 Å². The maximum Gasteiger partial charge on any atom is 0.408 e. The predicted molar refractivity (Wildman–Crippen MR) is 155 cm³/mol. The number of amides is 3. The fraction of sp³-hybridized carbons (Fsp3) is 0.516. The van der Waals surface area contributed by atoms with Gasteiger partial charge in [-0.2, -0.15) is 0 Å². The highest BCUT2D eigenvalue weighted by molar-refractivity contribution is 5.99. The van der Waals surface area contributed by atoms with Crippen LogP contribution in [0.25, 0.3) is 0 Å². The van der Waals surface area contributed by atoms with Gasteiger partial charge >= 0.3 is 6.09 Å². The Kier molecular flexibility index (Phi) is 10.6. The Hall–Kier alpha value is -3.55. The molecule has 0 radical (unpaired) electrons. The summed E-state index contributed by atoms with van der Waals surface area (Å²) in [5.74, 6) is -0.319. The molecule has 2 rings (SSSR count). The standard InChI is InChI=1S/C31H45N3O5/c1-11-31(8,9)34(28(36)25(20(2)3)33-29(37)39-30(5,6)7)26(22-14-12-21(4)13-15-22)27(35)32-23-16-18-24(38-10)19-17-23/h12-20,25-26H,11H2,1-10H3,(H,32,35)(H,33,37). The topological polar surface area (TPSA) is 97.0 Å². The lowest BCUT2D eigenvalue weighted by Crippen LogP contribution is -2.60. The Labute approximate surface area is 233 Å². The Morgan fingerprint density at radius 2 is 1.49 bits per heavy atom. The van der Waals surface area contributed by atoms with Gasteiger partial charge in [-0.3, -0.25) is 9.59 Å². The SMILES string of the molecule is CCC(C)(C)N(C(=O)C(NC(=O)OC(C)(C)C)C(C)C)C(C(=O)Nc1ccc(OC)cc1)c1ccc(C)cc1. The van der Waals surface area contributed by atoms with E-state index in [1.807, 2.05) is 65.8 Å². The van der Waals surface area contributed by atoms with E-state index in [1.54, 1.807) is 57.0 Å². The highest BCUT2D eigenvalue weighted by atomic mass is 16.6. The van der Waals surface area contributed by atoms with E-state index < -0.39 is 29.3 Å². The number of rotatable bonds is 10. The number of nitrogens with one attached hydrogen (secondary N) is 2. The number of carbonyl (C=O) groups excluding carboxylic acids is 3. The molecule has 0 aliphatic rings. The van der Waals surface area contributed by atoms with Crippen molar-refractivity contribution in [3.05, 3.63) is 59.7 Å². The molecule has 2 unspecified atom stereocenters. The van der Waals surface area contributed by atoms with E-state index in [0.717, 1.165) is 5.56 Å². The Bertz CT molecular complexity index is 1120. The average Bonchev–Trinajstić information content (AvgIpc) is 2.85. The van der Waals surface area contributed by atoms with Gasteiger partial charge in [-0.15, -0.1) is 0 Å². The van der Waals surface area contributed by atoms with Crippen LogP contribution >= 0.6 is 0 Å². The number of hydrogen-bond acceptors (Lipinski definition) is 5. The van der Waals surface area contributed by atoms with Gasteiger partial charge in [-0.1, -0.05) is 50.6 Å². The molecule has 2 aromatic carbocycles. The first kappa shape index (κ1) is 31.7. The number of anilines is 1. The molecule has 0 heterocycles. The van der Waals surface area contributed by atoms with E-state index in [0.29, 0.717) is 23.4 Å². The molecule has 0 aliphatic heterocycles. The molecule has 3 amide bonds. The largest absolute Gasteiger partial charge is 0.497 e. The van der Waals surface area contributed by atoms with Crippen molar-refractivity contribution in [2.75, 3.05) is 12.4 Å². The zero-order valence-corrected chi connectivity index (χ0v) is 25.0. The van der Waals surface area contributed by atoms with Crippen molar-refractivity contribution in [3.63, 3.8) is 0 Å². The van der Waals surface area contributed by atoms with Crippen molar-refractivity contribution in [1.29, 1.82) is 0 Å². The van der Waals surface area contributed by atoms with Crippen molar-refractivity contribution >= 4 is 23.6 Å². The van der Waals surface area contributed by atoms with Crippen molar-refractivity contribution in [1.82, 2.24) is 10.2 Å². The van der Waals surface area contributed by atoms with Crippen LogP contribution in [0.1, 0.15) is 79.0 Å². The fourth-order valence-corrected chi connectivity index (χ4v) is 4.09. The molecule has 0 spiro atoms. The molecular formula is C31H45N3O5. The molecule has 0 saturated heterocycles. The van der Waals surface area contributed by atoms with Gasteiger partial charge in [-0.25, -0.2) is 4.79 Å². The van der Waals surface area contributed by atoms with Crippen LogP contribution in [0.3, 0.4) is 0 Å². The van der Waals surface area contributed by atoms with Gasteiger partial charge in [0.05, 0.1) is 7.11 Å². The second kappa shape index (κ2) is 13.0. The van der Waals surface area contributed by atoms with Crippen LogP contribution < -0.4 is 15.4 Å². The summed E-state index contributed by atoms with van der Waals surface area (Å²) in [6.45, 7) is 16.8. The molecule has 2 atom stereocenters. The summed E-state index contributed by atoms with van der Waals surface area (Å²) in [6.07, 6.45) is -0.105. The smallest absolute Gasteiger partial charge is 0.408 e. The lowest BCUT2D eigenvalue weighted by molar-refractivity contribution is -0.148. The monoisotopic (exact) mass is 539 g/mol. The molecule has 2 aromatic rings. The zero-order valence-electron chi connectivity index (χ0n) is 25.0. The van der Waals surface area contributed by atoms with Gasteiger partial charge < -0.3 is 25.0 Å². The van der Waals surface area contributed by atoms with Crippen molar-refractivity contribution in [3.8, 4) is 5.75 Å². The first-order chi connectivity index (χ1) is 18.1. The molecular weight excluding hydrogens is 494 g/mol. The highest BCUT2D eigenvalue weighted by Gasteiger charge is 2.43. The Morgan fingerprint density at radius 3 is 1.95 bits per heavy atom. The minimum Gasteiger partial charge on any atom is -0.497 e. The number of nitrogens with zero attached hydrogens (tertiary/aromatic N) is 1. The van der Waals surface area contributed by atoms with E-state index in [9.17, 15) is 14.4 Å². The molecule has 2 N–H and O–H groups in total. The summed E-state index contributed by atoms with van der Waals surface area (Å²) >= 11 is 0. The number of methoxy groups -OCH3 is 1. The quantitative estimate of drug-likeness (QED) is 0.372. The van der Waals surface area contributed by atoms with Crippen molar-refractivity contribution < 1.29 is 23.9 Å². The van der Waals surface area contributed by atoms with Gasteiger partial charge in [0, 0.05) is 11.2 Å². The molecule has 0 aliphatic carbocycles. The lowest BCUT2D eigenvalue weighted by atomic mass is 9.90. The number of benzene rings is 2. The van der Waals surface area contributed by atoms with E-state index >= 15 is 0 Å². The molecule has 0 fully saturated rings. The molecule has 39 heavy (non-hydrogen) atoms. The van der Waals surface area contributed by atoms with Crippen LogP contribution in [0, 0.1) is 12.8 Å². The highest BCUT2D eigenvalue weighted by Crippen LogP contribution is 2.34. The first-order valence-corrected chi connectivity index (χ1v) is 13.4. The molecule has 0 saturated carbocycles. The minimum absolute atomic E-state index is 0.261. The van der Waals surface area contributed by atoms with E-state index in [1.165, 1.54) is 0 Å². The lowest BCUT2D eigenvalue weighted by Gasteiger charge is -2.45. The van der Waals surface area contributed by atoms with E-state index in [-0.39, 0.29) is 17.7 Å². The van der Waals surface area contributed by atoms with Crippen LogP contribution in [-0.2, 0) is 14.3 Å². The summed E-state index contributed by atoms with van der Waals surface area (Å²) in [5.41, 5.74) is 0.826. The second-order valence-corrected chi connectivity index (χ2v) is 11.8. The Balaban J connectivity index is 2.59. The van der Waals surface area contributed by atoms with Crippen LogP contribution in [0.5, 0.6) is 5.75 Å². The van der Waals surface area contributed by atoms with E-state index in [4.69, 9.17) is 9.47 Å². The maximum absolute atomic E-state index is 14.4. The average molecular weight is 540 g/mol. The third-order valence-corrected chi connectivity index (χ3v) is 6.62. The van der Waals surface area contributed by atoms with Crippen molar-refractivity contribution in [2.24, 2.45) is 5.92 Å². The summed E-state index contributed by atoms with van der Waals surface area (Å²) in [7, 11) is 1.58. The fourth-order valence-electron chi connectivity index (χ4n) is 4.09. The molecule has 214 valence electrons. The number of ether oxygens (including phenoxy) is 2. The van der Waals surface area contributed by atoms with Crippen LogP contribution in [0.2, 0.25) is 0 Å². The van der Waals surface area contributed by atoms with E-state index in [2.05, 4.69) is 10.6 Å². The summed E-state index contributed by atoms with van der Waals surface area (Å²) in [5, 5.41) is 5.75. The van der Waals surface area contributed by atoms with Gasteiger partial charge in [0.25, 0.3) is 5.91 Å². The number of aryl methyl sites for hydroxylation is 1. The van der Waals surface area contributed by atoms with Crippen molar-refractivity contribution in [2.45, 2.75) is 92.0 Å².